The minimum absolute atomic E-state index is 0.112. The third kappa shape index (κ3) is 7.72. The molecule has 9 nitrogen and oxygen atoms in total. The maximum absolute atomic E-state index is 9.77. The summed E-state index contributed by atoms with van der Waals surface area (Å²) in [5, 5.41) is 14.5. The summed E-state index contributed by atoms with van der Waals surface area (Å²) in [5.74, 6) is 1.68. The molecule has 280 valence electrons. The van der Waals surface area contributed by atoms with E-state index in [0.717, 1.165) is 67.5 Å². The number of ether oxygens (including phenoxy) is 2. The molecule has 2 aliphatic rings. The van der Waals surface area contributed by atoms with Crippen LogP contribution in [0.4, 0.5) is 0 Å². The van der Waals surface area contributed by atoms with Gasteiger partial charge in [-0.15, -0.1) is 11.6 Å². The highest BCUT2D eigenvalue weighted by Gasteiger charge is 2.23. The molecule has 0 aliphatic carbocycles. The number of pyridine rings is 3. The monoisotopic (exact) mass is 932 g/mol. The molecule has 2 aliphatic heterocycles. The van der Waals surface area contributed by atoms with E-state index in [0.29, 0.717) is 38.4 Å². The third-order valence-electron chi connectivity index (χ3n) is 9.10. The van der Waals surface area contributed by atoms with E-state index in [1.54, 1.807) is 18.2 Å². The van der Waals surface area contributed by atoms with Crippen molar-refractivity contribution in [3.63, 3.8) is 0 Å². The Kier molecular flexibility index (Phi) is 11.3. The van der Waals surface area contributed by atoms with Gasteiger partial charge in [-0.25, -0.2) is 15.0 Å². The van der Waals surface area contributed by atoms with Gasteiger partial charge in [0.05, 0.1) is 26.5 Å². The highest BCUT2D eigenvalue weighted by molar-refractivity contribution is 14.1. The summed E-state index contributed by atoms with van der Waals surface area (Å²) < 4.78 is 14.2. The zero-order valence-corrected chi connectivity index (χ0v) is 34.3. The van der Waals surface area contributed by atoms with E-state index in [2.05, 4.69) is 82.4 Å². The molecule has 0 radical (unpaired) electrons. The molecule has 0 spiro atoms. The van der Waals surface area contributed by atoms with Crippen LogP contribution in [-0.2, 0) is 13.3 Å². The lowest BCUT2D eigenvalue weighted by atomic mass is 10.1. The number of para-hydroxylation sites is 3. The maximum Gasteiger partial charge on any atom is 0.165 e. The number of nitrogens with one attached hydrogen (secondary N) is 2. The molecule has 3 aromatic carbocycles. The second-order valence-corrected chi connectivity index (χ2v) is 15.5. The molecular weight excluding hydrogens is 905 g/mol. The van der Waals surface area contributed by atoms with Gasteiger partial charge in [0.2, 0.25) is 0 Å². The molecule has 0 fully saturated rings. The SMILES string of the molecule is ClCI.Clc1ccc2c(n1)-c1[nH]c3ccccc3c1CO2.Clc1ccc2c(n1)-c1cc3ccccc3n1CO2.Oc1ccc(Cl)nc1-c1cc2ccccc2[nH]1. The van der Waals surface area contributed by atoms with Gasteiger partial charge in [0, 0.05) is 32.8 Å². The van der Waals surface area contributed by atoms with Crippen molar-refractivity contribution in [2.45, 2.75) is 13.3 Å². The van der Waals surface area contributed by atoms with Crippen LogP contribution < -0.4 is 9.47 Å². The Bertz CT molecular complexity index is 2690. The number of fused-ring (bicyclic) bond motifs is 11. The van der Waals surface area contributed by atoms with Crippen LogP contribution in [0, 0.1) is 0 Å². The topological polar surface area (TPSA) is 114 Å². The largest absolute Gasteiger partial charge is 0.506 e. The first-order chi connectivity index (χ1) is 27.3. The van der Waals surface area contributed by atoms with Crippen LogP contribution >= 0.6 is 69.0 Å². The molecule has 11 rings (SSSR count). The number of aromatic nitrogens is 6. The van der Waals surface area contributed by atoms with E-state index in [9.17, 15) is 5.11 Å². The molecule has 0 saturated carbocycles. The lowest BCUT2D eigenvalue weighted by molar-refractivity contribution is 0.234. The quantitative estimate of drug-likeness (QED) is 0.0858. The highest BCUT2D eigenvalue weighted by Crippen LogP contribution is 2.40. The minimum Gasteiger partial charge on any atom is -0.506 e. The van der Waals surface area contributed by atoms with Gasteiger partial charge >= 0.3 is 0 Å². The minimum atomic E-state index is 0.112. The molecule has 0 bridgehead atoms. The van der Waals surface area contributed by atoms with E-state index >= 15 is 0 Å². The number of aromatic hydroxyl groups is 1. The fourth-order valence-electron chi connectivity index (χ4n) is 6.65. The predicted molar refractivity (Wildman–Crippen MR) is 235 cm³/mol. The summed E-state index contributed by atoms with van der Waals surface area (Å²) in [6.45, 7) is 1.08. The number of nitrogens with zero attached hydrogens (tertiary/aromatic N) is 4. The van der Waals surface area contributed by atoms with Crippen molar-refractivity contribution in [1.82, 2.24) is 29.5 Å². The zero-order valence-electron chi connectivity index (χ0n) is 29.1. The number of alkyl halides is 2. The Labute approximate surface area is 354 Å². The number of halogens is 5. The number of aromatic amines is 2. The van der Waals surface area contributed by atoms with Crippen LogP contribution in [0.2, 0.25) is 15.5 Å². The predicted octanol–water partition coefficient (Wildman–Crippen LogP) is 12.7. The van der Waals surface area contributed by atoms with Gasteiger partial charge in [0.15, 0.2) is 6.73 Å². The molecule has 56 heavy (non-hydrogen) atoms. The second-order valence-electron chi connectivity index (χ2n) is 12.4. The zero-order chi connectivity index (χ0) is 38.8. The Morgan fingerprint density at radius 2 is 1.27 bits per heavy atom. The van der Waals surface area contributed by atoms with Gasteiger partial charge in [-0.2, -0.15) is 0 Å². The molecule has 14 heteroatoms. The van der Waals surface area contributed by atoms with Crippen molar-refractivity contribution in [1.29, 1.82) is 0 Å². The van der Waals surface area contributed by atoms with Crippen molar-refractivity contribution < 1.29 is 14.6 Å². The van der Waals surface area contributed by atoms with Gasteiger partial charge in [-0.3, -0.25) is 0 Å². The van der Waals surface area contributed by atoms with Crippen LogP contribution in [0.5, 0.6) is 17.2 Å². The second kappa shape index (κ2) is 16.6. The summed E-state index contributed by atoms with van der Waals surface area (Å²) in [6.07, 6.45) is 0. The molecule has 6 aromatic heterocycles. The van der Waals surface area contributed by atoms with Gasteiger partial charge in [0.25, 0.3) is 0 Å². The van der Waals surface area contributed by atoms with Gasteiger partial charge in [-0.1, -0.05) is 112 Å². The van der Waals surface area contributed by atoms with Crippen LogP contribution in [0.15, 0.2) is 121 Å². The Balaban J connectivity index is 0.000000114. The summed E-state index contributed by atoms with van der Waals surface area (Å²) in [7, 11) is 0. The van der Waals surface area contributed by atoms with Crippen molar-refractivity contribution >= 4 is 102 Å². The first-order valence-corrected chi connectivity index (χ1v) is 20.3. The first-order valence-electron chi connectivity index (χ1n) is 17.1. The van der Waals surface area contributed by atoms with Crippen molar-refractivity contribution in [3.05, 3.63) is 142 Å². The third-order valence-corrected chi connectivity index (χ3v) is 9.73. The molecule has 3 N–H and O–H groups in total. The Morgan fingerprint density at radius 3 is 2.02 bits per heavy atom. The lowest BCUT2D eigenvalue weighted by Crippen LogP contribution is -2.13. The van der Waals surface area contributed by atoms with Gasteiger partial charge in [-0.05, 0) is 66.7 Å². The number of H-pyrrole nitrogens is 2. The van der Waals surface area contributed by atoms with Crippen molar-refractivity contribution in [3.8, 4) is 51.4 Å². The van der Waals surface area contributed by atoms with E-state index < -0.39 is 0 Å². The molecule has 0 unspecified atom stereocenters. The van der Waals surface area contributed by atoms with Gasteiger partial charge < -0.3 is 29.1 Å². The fourth-order valence-corrected chi connectivity index (χ4v) is 7.09. The van der Waals surface area contributed by atoms with Crippen LogP contribution in [0.1, 0.15) is 5.56 Å². The fraction of sp³-hybridized carbons (Fsp3) is 0.0714. The average molecular weight is 934 g/mol. The summed E-state index contributed by atoms with van der Waals surface area (Å²) in [6, 6.07) is 38.7. The number of hydrogen-bond donors (Lipinski definition) is 3. The first kappa shape index (κ1) is 37.9. The molecular formula is C42H29Cl4IN6O3. The van der Waals surface area contributed by atoms with E-state index in [1.807, 2.05) is 66.7 Å². The summed E-state index contributed by atoms with van der Waals surface area (Å²) in [4.78, 5) is 19.4. The molecule has 8 heterocycles. The Hall–Kier alpha value is -4.98. The standard InChI is InChI=1S/2C14H9ClN2O.C13H9ClN2O.CH2ClI/c15-13-6-5-12-14(16-13)11-7-9-3-1-2-4-10(9)17(11)8-18-12;15-12-6-5-11-14(17-12)13-9(7-18-11)8-3-1-2-4-10(8)16-13;14-12-6-5-11(17)13(16-12)10-7-8-3-1-2-4-9(8)15-10;2-1-3/h1-7H,8H2;1-6,16H,7H2;1-7,15,17H;1H2. The Morgan fingerprint density at radius 1 is 0.661 bits per heavy atom. The number of benzene rings is 3. The molecule has 0 atom stereocenters. The van der Waals surface area contributed by atoms with Crippen LogP contribution in [0.3, 0.4) is 0 Å². The number of rotatable bonds is 1. The summed E-state index contributed by atoms with van der Waals surface area (Å²) in [5.41, 5.74) is 9.29. The maximum atomic E-state index is 9.77. The molecule has 0 saturated heterocycles. The van der Waals surface area contributed by atoms with Crippen LogP contribution in [-0.4, -0.2) is 38.5 Å². The molecule has 0 amide bonds. The number of hydrogen-bond acceptors (Lipinski definition) is 6. The van der Waals surface area contributed by atoms with Crippen molar-refractivity contribution in [2.24, 2.45) is 0 Å². The highest BCUT2D eigenvalue weighted by atomic mass is 127. The smallest absolute Gasteiger partial charge is 0.165 e. The summed E-state index contributed by atoms with van der Waals surface area (Å²) >= 11 is 24.8. The van der Waals surface area contributed by atoms with E-state index in [4.69, 9.17) is 55.9 Å². The van der Waals surface area contributed by atoms with Crippen LogP contribution in [0.25, 0.3) is 66.9 Å². The molecule has 9 aromatic rings. The van der Waals surface area contributed by atoms with E-state index in [-0.39, 0.29) is 5.75 Å². The average Bonchev–Trinajstić information content (AvgIpc) is 3.93. The van der Waals surface area contributed by atoms with Crippen molar-refractivity contribution in [2.75, 3.05) is 3.89 Å². The van der Waals surface area contributed by atoms with Gasteiger partial charge in [0.1, 0.15) is 56.4 Å². The van der Waals surface area contributed by atoms with E-state index in [1.165, 1.54) is 16.8 Å². The lowest BCUT2D eigenvalue weighted by Gasteiger charge is -2.20. The normalized spacial score (nSPS) is 11.9.